The predicted molar refractivity (Wildman–Crippen MR) is 148 cm³/mol. The Morgan fingerprint density at radius 3 is 2.14 bits per heavy atom. The lowest BCUT2D eigenvalue weighted by Crippen LogP contribution is -2.04. The van der Waals surface area contributed by atoms with Crippen LogP contribution in [-0.4, -0.2) is 25.3 Å². The predicted octanol–water partition coefficient (Wildman–Crippen LogP) is 7.39. The maximum Gasteiger partial charge on any atom is 0.309 e. The van der Waals surface area contributed by atoms with Crippen LogP contribution in [0.4, 0.5) is 0 Å². The molecule has 2 unspecified atom stereocenters. The highest BCUT2D eigenvalue weighted by Crippen LogP contribution is 2.32. The van der Waals surface area contributed by atoms with Crippen molar-refractivity contribution >= 4 is 5.97 Å². The van der Waals surface area contributed by atoms with Crippen molar-refractivity contribution in [3.8, 4) is 23.0 Å². The molecule has 1 saturated heterocycles. The van der Waals surface area contributed by atoms with Crippen LogP contribution in [0, 0.1) is 25.7 Å². The van der Waals surface area contributed by atoms with Gasteiger partial charge in [-0.3, -0.25) is 4.79 Å². The van der Waals surface area contributed by atoms with Gasteiger partial charge in [0.1, 0.15) is 0 Å². The minimum Gasteiger partial charge on any atom is -0.469 e. The summed E-state index contributed by atoms with van der Waals surface area (Å²) in [5.41, 5.74) is 9.18. The van der Waals surface area contributed by atoms with Crippen molar-refractivity contribution in [3.63, 3.8) is 0 Å². The van der Waals surface area contributed by atoms with Gasteiger partial charge in [-0.2, -0.15) is 0 Å². The molecule has 0 N–H and O–H groups in total. The average molecular weight is 483 g/mol. The van der Waals surface area contributed by atoms with E-state index in [1.54, 1.807) is 0 Å². The molecule has 0 aromatic heterocycles. The molecule has 1 aliphatic heterocycles. The number of esters is 1. The van der Waals surface area contributed by atoms with Gasteiger partial charge in [0, 0.05) is 11.5 Å². The third kappa shape index (κ3) is 6.45. The molecule has 4 rings (SSSR count). The van der Waals surface area contributed by atoms with Crippen LogP contribution in [-0.2, 0) is 20.7 Å². The standard InChI is InChI=1S/C31H32O3.C2H6/c1-6-31(20-34-31)16-15-25-11-12-27(17-21(25)2)23(4)28-13-14-29(22(3)18-28)26-9-7-24(8-10-26)19-30(32)33-5;1-2/h7-14,17-18,23H,6,19-20H2,1-5H3;1-2H3. The second-order valence-electron chi connectivity index (χ2n) is 9.21. The molecule has 2 atom stereocenters. The van der Waals surface area contributed by atoms with Crippen LogP contribution in [0.2, 0.25) is 0 Å². The Morgan fingerprint density at radius 1 is 1.00 bits per heavy atom. The van der Waals surface area contributed by atoms with Gasteiger partial charge >= 0.3 is 5.97 Å². The van der Waals surface area contributed by atoms with E-state index >= 15 is 0 Å². The van der Waals surface area contributed by atoms with E-state index in [0.717, 1.165) is 29.7 Å². The second kappa shape index (κ2) is 12.1. The van der Waals surface area contributed by atoms with E-state index in [0.29, 0.717) is 6.42 Å². The molecule has 188 valence electrons. The van der Waals surface area contributed by atoms with E-state index in [1.807, 2.05) is 26.0 Å². The summed E-state index contributed by atoms with van der Waals surface area (Å²) in [4.78, 5) is 11.5. The molecule has 36 heavy (non-hydrogen) atoms. The number of hydrogen-bond acceptors (Lipinski definition) is 3. The molecule has 1 fully saturated rings. The van der Waals surface area contributed by atoms with E-state index in [2.05, 4.69) is 88.1 Å². The quantitative estimate of drug-likeness (QED) is 0.209. The first-order chi connectivity index (χ1) is 17.3. The van der Waals surface area contributed by atoms with E-state index in [9.17, 15) is 4.79 Å². The lowest BCUT2D eigenvalue weighted by Gasteiger charge is -2.16. The molecule has 0 aliphatic carbocycles. The molecule has 3 aromatic rings. The molecule has 0 radical (unpaired) electrons. The number of epoxide rings is 1. The van der Waals surface area contributed by atoms with Crippen LogP contribution in [0.5, 0.6) is 0 Å². The molecule has 0 bridgehead atoms. The van der Waals surface area contributed by atoms with Crippen LogP contribution >= 0.6 is 0 Å². The number of aryl methyl sites for hydroxylation is 2. The Balaban J connectivity index is 0.00000176. The van der Waals surface area contributed by atoms with Crippen molar-refractivity contribution in [2.24, 2.45) is 0 Å². The number of hydrogen-bond donors (Lipinski definition) is 0. The summed E-state index contributed by atoms with van der Waals surface area (Å²) in [5.74, 6) is 6.69. The summed E-state index contributed by atoms with van der Waals surface area (Å²) in [6.07, 6.45) is 1.23. The van der Waals surface area contributed by atoms with Crippen molar-refractivity contribution in [2.75, 3.05) is 13.7 Å². The molecule has 0 amide bonds. The highest BCUT2D eigenvalue weighted by atomic mass is 16.6. The second-order valence-corrected chi connectivity index (χ2v) is 9.21. The van der Waals surface area contributed by atoms with Crippen molar-refractivity contribution in [3.05, 3.63) is 94.0 Å². The number of ether oxygens (including phenoxy) is 2. The maximum atomic E-state index is 11.5. The lowest BCUT2D eigenvalue weighted by atomic mass is 9.88. The summed E-state index contributed by atoms with van der Waals surface area (Å²) in [6, 6.07) is 21.4. The van der Waals surface area contributed by atoms with Gasteiger partial charge in [-0.1, -0.05) is 94.1 Å². The van der Waals surface area contributed by atoms with Gasteiger partial charge in [-0.15, -0.1) is 0 Å². The number of carbonyl (C=O) groups excluding carboxylic acids is 1. The number of carbonyl (C=O) groups is 1. The van der Waals surface area contributed by atoms with Gasteiger partial charge < -0.3 is 9.47 Å². The van der Waals surface area contributed by atoms with Gasteiger partial charge in [0.2, 0.25) is 0 Å². The normalized spacial score (nSPS) is 16.6. The lowest BCUT2D eigenvalue weighted by molar-refractivity contribution is -0.139. The number of benzene rings is 3. The first-order valence-corrected chi connectivity index (χ1v) is 12.9. The topological polar surface area (TPSA) is 38.8 Å². The highest BCUT2D eigenvalue weighted by molar-refractivity contribution is 5.73. The minimum atomic E-state index is -0.223. The SMILES string of the molecule is CC.CCC1(C#Cc2ccc(C(C)c3ccc(-c4ccc(CC(=O)OC)cc4)c(C)c3)cc2C)CO1. The first-order valence-electron chi connectivity index (χ1n) is 12.9. The Labute approximate surface area is 216 Å². The summed E-state index contributed by atoms with van der Waals surface area (Å²) in [5, 5.41) is 0. The fourth-order valence-electron chi connectivity index (χ4n) is 4.24. The van der Waals surface area contributed by atoms with Gasteiger partial charge in [-0.05, 0) is 65.3 Å². The van der Waals surface area contributed by atoms with Crippen LogP contribution in [0.15, 0.2) is 60.7 Å². The molecule has 3 aromatic carbocycles. The van der Waals surface area contributed by atoms with Gasteiger partial charge in [-0.25, -0.2) is 0 Å². The molecule has 0 saturated carbocycles. The Bertz CT molecular complexity index is 1250. The van der Waals surface area contributed by atoms with E-state index < -0.39 is 0 Å². The molecule has 0 spiro atoms. The third-order valence-corrected chi connectivity index (χ3v) is 6.83. The van der Waals surface area contributed by atoms with E-state index in [-0.39, 0.29) is 17.5 Å². The van der Waals surface area contributed by atoms with Crippen molar-refractivity contribution in [1.82, 2.24) is 0 Å². The summed E-state index contributed by atoms with van der Waals surface area (Å²) >= 11 is 0. The summed E-state index contributed by atoms with van der Waals surface area (Å²) in [7, 11) is 1.42. The Hall–Kier alpha value is -3.35. The third-order valence-electron chi connectivity index (χ3n) is 6.83. The molecule has 1 aliphatic rings. The zero-order valence-corrected chi connectivity index (χ0v) is 22.7. The average Bonchev–Trinajstić information content (AvgIpc) is 3.69. The van der Waals surface area contributed by atoms with Crippen molar-refractivity contribution in [2.45, 2.75) is 65.9 Å². The Morgan fingerprint density at radius 2 is 1.61 bits per heavy atom. The molecule has 3 nitrogen and oxygen atoms in total. The molecule has 3 heteroatoms. The molecule has 1 heterocycles. The zero-order chi connectivity index (χ0) is 26.3. The Kier molecular flexibility index (Phi) is 9.13. The summed E-state index contributed by atoms with van der Waals surface area (Å²) in [6.45, 7) is 13.4. The first kappa shape index (κ1) is 27.2. The van der Waals surface area contributed by atoms with Crippen molar-refractivity contribution < 1.29 is 14.3 Å². The molecular formula is C33H38O3. The smallest absolute Gasteiger partial charge is 0.309 e. The van der Waals surface area contributed by atoms with Crippen LogP contribution in [0.1, 0.15) is 73.4 Å². The van der Waals surface area contributed by atoms with Crippen LogP contribution in [0.3, 0.4) is 0 Å². The summed E-state index contributed by atoms with van der Waals surface area (Å²) < 4.78 is 10.3. The zero-order valence-electron chi connectivity index (χ0n) is 22.7. The number of rotatable bonds is 6. The highest BCUT2D eigenvalue weighted by Gasteiger charge is 2.41. The van der Waals surface area contributed by atoms with Gasteiger partial charge in [0.15, 0.2) is 5.60 Å². The maximum absolute atomic E-state index is 11.5. The monoisotopic (exact) mass is 482 g/mol. The van der Waals surface area contributed by atoms with Crippen LogP contribution in [0.25, 0.3) is 11.1 Å². The minimum absolute atomic E-state index is 0.209. The van der Waals surface area contributed by atoms with Gasteiger partial charge in [0.05, 0.1) is 20.1 Å². The van der Waals surface area contributed by atoms with E-state index in [1.165, 1.54) is 34.9 Å². The largest absolute Gasteiger partial charge is 0.469 e. The fraction of sp³-hybridized carbons (Fsp3) is 0.364. The number of methoxy groups -OCH3 is 1. The molecular weight excluding hydrogens is 444 g/mol. The fourth-order valence-corrected chi connectivity index (χ4v) is 4.24. The van der Waals surface area contributed by atoms with E-state index in [4.69, 9.17) is 9.47 Å². The van der Waals surface area contributed by atoms with Crippen LogP contribution < -0.4 is 0 Å². The van der Waals surface area contributed by atoms with Crippen molar-refractivity contribution in [1.29, 1.82) is 0 Å². The van der Waals surface area contributed by atoms with Gasteiger partial charge in [0.25, 0.3) is 0 Å².